The van der Waals surface area contributed by atoms with E-state index in [9.17, 15) is 0 Å². The molecule has 2 aliphatic carbocycles. The number of hydrogen-bond acceptors (Lipinski definition) is 3. The van der Waals surface area contributed by atoms with E-state index in [-0.39, 0.29) is 0 Å². The predicted molar refractivity (Wildman–Crippen MR) is 54.9 cm³/mol. The number of fused-ring (bicyclic) bond motifs is 2. The van der Waals surface area contributed by atoms with Crippen molar-refractivity contribution < 1.29 is 0 Å². The first-order chi connectivity index (χ1) is 6.92. The van der Waals surface area contributed by atoms with E-state index in [1.165, 1.54) is 25.7 Å². The summed E-state index contributed by atoms with van der Waals surface area (Å²) in [5, 5.41) is 3.55. The lowest BCUT2D eigenvalue weighted by molar-refractivity contribution is 0.439. The molecule has 2 bridgehead atoms. The fourth-order valence-corrected chi connectivity index (χ4v) is 3.01. The van der Waals surface area contributed by atoms with Crippen LogP contribution in [0.2, 0.25) is 0 Å². The summed E-state index contributed by atoms with van der Waals surface area (Å²) in [4.78, 5) is 8.03. The maximum Gasteiger partial charge on any atom is 0.115 e. The number of aromatic nitrogens is 2. The second-order valence-electron chi connectivity index (χ2n) is 4.55. The van der Waals surface area contributed by atoms with Gasteiger partial charge in [0.1, 0.15) is 6.33 Å². The van der Waals surface area contributed by atoms with E-state index in [4.69, 9.17) is 0 Å². The monoisotopic (exact) mass is 189 g/mol. The average Bonchev–Trinajstić information content (AvgIpc) is 2.81. The van der Waals surface area contributed by atoms with Gasteiger partial charge in [0.25, 0.3) is 0 Å². The molecular formula is C11H15N3. The van der Waals surface area contributed by atoms with Crippen molar-refractivity contribution in [2.24, 2.45) is 11.8 Å². The molecule has 14 heavy (non-hydrogen) atoms. The normalized spacial score (nSPS) is 34.7. The van der Waals surface area contributed by atoms with Crippen LogP contribution in [0.4, 0.5) is 5.69 Å². The molecule has 0 saturated heterocycles. The van der Waals surface area contributed by atoms with Crippen molar-refractivity contribution in [1.82, 2.24) is 9.97 Å². The van der Waals surface area contributed by atoms with Crippen molar-refractivity contribution in [3.05, 3.63) is 18.7 Å². The summed E-state index contributed by atoms with van der Waals surface area (Å²) < 4.78 is 0. The van der Waals surface area contributed by atoms with Crippen LogP contribution in [0.1, 0.15) is 25.7 Å². The summed E-state index contributed by atoms with van der Waals surface area (Å²) in [6.07, 6.45) is 10.9. The Morgan fingerprint density at radius 2 is 2.00 bits per heavy atom. The van der Waals surface area contributed by atoms with Gasteiger partial charge in [-0.05, 0) is 31.1 Å². The minimum Gasteiger partial charge on any atom is -0.380 e. The summed E-state index contributed by atoms with van der Waals surface area (Å²) in [7, 11) is 0. The predicted octanol–water partition coefficient (Wildman–Crippen LogP) is 2.08. The lowest BCUT2D eigenvalue weighted by Gasteiger charge is -2.23. The molecule has 0 amide bonds. The molecule has 3 unspecified atom stereocenters. The van der Waals surface area contributed by atoms with Gasteiger partial charge in [0.2, 0.25) is 0 Å². The van der Waals surface area contributed by atoms with E-state index in [0.717, 1.165) is 17.5 Å². The lowest BCUT2D eigenvalue weighted by atomic mass is 9.95. The zero-order valence-electron chi connectivity index (χ0n) is 8.19. The first-order valence-corrected chi connectivity index (χ1v) is 5.43. The largest absolute Gasteiger partial charge is 0.380 e. The molecule has 1 heterocycles. The minimum atomic E-state index is 0.680. The second-order valence-corrected chi connectivity index (χ2v) is 4.55. The highest BCUT2D eigenvalue weighted by Gasteiger charge is 2.39. The van der Waals surface area contributed by atoms with Crippen LogP contribution in [0.15, 0.2) is 18.7 Å². The first kappa shape index (κ1) is 8.21. The molecule has 2 fully saturated rings. The van der Waals surface area contributed by atoms with Crippen molar-refractivity contribution in [2.45, 2.75) is 31.7 Å². The van der Waals surface area contributed by atoms with Gasteiger partial charge in [-0.3, -0.25) is 0 Å². The molecule has 0 radical (unpaired) electrons. The molecule has 1 aromatic rings. The van der Waals surface area contributed by atoms with Gasteiger partial charge in [0.15, 0.2) is 0 Å². The number of nitrogens with zero attached hydrogens (tertiary/aromatic N) is 2. The molecule has 0 aromatic carbocycles. The number of rotatable bonds is 2. The van der Waals surface area contributed by atoms with E-state index in [1.807, 2.05) is 12.4 Å². The minimum absolute atomic E-state index is 0.680. The smallest absolute Gasteiger partial charge is 0.115 e. The average molecular weight is 189 g/mol. The maximum absolute atomic E-state index is 4.02. The molecule has 2 saturated carbocycles. The molecule has 3 heteroatoms. The quantitative estimate of drug-likeness (QED) is 0.774. The van der Waals surface area contributed by atoms with Crippen LogP contribution >= 0.6 is 0 Å². The third-order valence-corrected chi connectivity index (χ3v) is 3.65. The highest BCUT2D eigenvalue weighted by Crippen LogP contribution is 2.45. The van der Waals surface area contributed by atoms with Crippen LogP contribution in [0.3, 0.4) is 0 Å². The molecule has 74 valence electrons. The molecule has 2 aliphatic rings. The van der Waals surface area contributed by atoms with E-state index in [0.29, 0.717) is 6.04 Å². The number of hydrogen-bond donors (Lipinski definition) is 1. The van der Waals surface area contributed by atoms with Crippen molar-refractivity contribution in [3.63, 3.8) is 0 Å². The van der Waals surface area contributed by atoms with Gasteiger partial charge in [0.05, 0.1) is 18.1 Å². The Bertz CT molecular complexity index is 312. The third-order valence-electron chi connectivity index (χ3n) is 3.65. The highest BCUT2D eigenvalue weighted by atomic mass is 15.0. The third kappa shape index (κ3) is 1.37. The Kier molecular flexibility index (Phi) is 1.89. The van der Waals surface area contributed by atoms with Crippen LogP contribution in [-0.2, 0) is 0 Å². The second kappa shape index (κ2) is 3.23. The fourth-order valence-electron chi connectivity index (χ4n) is 3.01. The van der Waals surface area contributed by atoms with E-state index in [2.05, 4.69) is 15.3 Å². The van der Waals surface area contributed by atoms with Gasteiger partial charge in [-0.15, -0.1) is 0 Å². The summed E-state index contributed by atoms with van der Waals surface area (Å²) in [6.45, 7) is 0. The van der Waals surface area contributed by atoms with Crippen LogP contribution in [0.25, 0.3) is 0 Å². The summed E-state index contributed by atoms with van der Waals surface area (Å²) in [5.41, 5.74) is 1.07. The van der Waals surface area contributed by atoms with E-state index in [1.54, 1.807) is 6.33 Å². The van der Waals surface area contributed by atoms with Gasteiger partial charge in [-0.2, -0.15) is 0 Å². The molecule has 0 spiro atoms. The lowest BCUT2D eigenvalue weighted by Crippen LogP contribution is -2.25. The Hall–Kier alpha value is -1.12. The summed E-state index contributed by atoms with van der Waals surface area (Å²) in [6, 6.07) is 0.680. The number of anilines is 1. The Morgan fingerprint density at radius 1 is 1.14 bits per heavy atom. The van der Waals surface area contributed by atoms with Gasteiger partial charge >= 0.3 is 0 Å². The van der Waals surface area contributed by atoms with E-state index >= 15 is 0 Å². The molecular weight excluding hydrogens is 174 g/mol. The molecule has 0 aliphatic heterocycles. The summed E-state index contributed by atoms with van der Waals surface area (Å²) in [5.74, 6) is 1.89. The van der Waals surface area contributed by atoms with Crippen LogP contribution in [0, 0.1) is 11.8 Å². The zero-order valence-corrected chi connectivity index (χ0v) is 8.19. The summed E-state index contributed by atoms with van der Waals surface area (Å²) >= 11 is 0. The van der Waals surface area contributed by atoms with E-state index < -0.39 is 0 Å². The van der Waals surface area contributed by atoms with Crippen LogP contribution in [0.5, 0.6) is 0 Å². The van der Waals surface area contributed by atoms with Gasteiger partial charge < -0.3 is 5.32 Å². The zero-order chi connectivity index (χ0) is 9.38. The van der Waals surface area contributed by atoms with Crippen molar-refractivity contribution in [2.75, 3.05) is 5.32 Å². The molecule has 1 aromatic heterocycles. The Morgan fingerprint density at radius 3 is 2.64 bits per heavy atom. The molecule has 3 nitrogen and oxygen atoms in total. The van der Waals surface area contributed by atoms with Crippen molar-refractivity contribution in [1.29, 1.82) is 0 Å². The van der Waals surface area contributed by atoms with Gasteiger partial charge in [-0.1, -0.05) is 6.42 Å². The SMILES string of the molecule is c1ncc(NC2CC3CCC2C3)cn1. The molecule has 3 rings (SSSR count). The number of nitrogens with one attached hydrogen (secondary N) is 1. The molecule has 3 atom stereocenters. The van der Waals surface area contributed by atoms with Gasteiger partial charge in [-0.25, -0.2) is 9.97 Å². The Balaban J connectivity index is 1.69. The highest BCUT2D eigenvalue weighted by molar-refractivity contribution is 5.39. The standard InChI is InChI=1S/C11H15N3/c1-2-9-3-8(1)4-11(9)14-10-5-12-7-13-6-10/h5-9,11,14H,1-4H2. The van der Waals surface area contributed by atoms with Gasteiger partial charge in [0, 0.05) is 6.04 Å². The first-order valence-electron chi connectivity index (χ1n) is 5.43. The molecule has 1 N–H and O–H groups in total. The van der Waals surface area contributed by atoms with Crippen molar-refractivity contribution >= 4 is 5.69 Å². The fraction of sp³-hybridized carbons (Fsp3) is 0.636. The Labute approximate surface area is 84.0 Å². The maximum atomic E-state index is 4.02. The van der Waals surface area contributed by atoms with Crippen LogP contribution < -0.4 is 5.32 Å². The topological polar surface area (TPSA) is 37.8 Å². The van der Waals surface area contributed by atoms with Crippen molar-refractivity contribution in [3.8, 4) is 0 Å². The van der Waals surface area contributed by atoms with Crippen LogP contribution in [-0.4, -0.2) is 16.0 Å².